The highest BCUT2D eigenvalue weighted by molar-refractivity contribution is 5.80. The summed E-state index contributed by atoms with van der Waals surface area (Å²) < 4.78 is 1.76. The van der Waals surface area contributed by atoms with Crippen molar-refractivity contribution in [1.29, 1.82) is 0 Å². The monoisotopic (exact) mass is 291 g/mol. The summed E-state index contributed by atoms with van der Waals surface area (Å²) >= 11 is 0. The number of aromatic nitrogens is 2. The van der Waals surface area contributed by atoms with Crippen LogP contribution in [0.25, 0.3) is 11.0 Å². The van der Waals surface area contributed by atoms with Crippen molar-refractivity contribution >= 4 is 17.0 Å². The third kappa shape index (κ3) is 2.91. The molecule has 2 rings (SSSR count). The Kier molecular flexibility index (Phi) is 4.59. The Bertz CT molecular complexity index is 638. The summed E-state index contributed by atoms with van der Waals surface area (Å²) in [5.41, 5.74) is 1.59. The summed E-state index contributed by atoms with van der Waals surface area (Å²) in [4.78, 5) is 18.0. The molecule has 0 aliphatic carbocycles. The van der Waals surface area contributed by atoms with Gasteiger partial charge in [0, 0.05) is 6.54 Å². The molecule has 2 N–H and O–H groups in total. The van der Waals surface area contributed by atoms with Crippen LogP contribution < -0.4 is 0 Å². The molecule has 0 bridgehead atoms. The second-order valence-corrected chi connectivity index (χ2v) is 5.22. The maximum Gasteiger partial charge on any atom is 0.326 e. The van der Waals surface area contributed by atoms with Gasteiger partial charge in [-0.3, -0.25) is 4.90 Å². The number of aliphatic carboxylic acids is 1. The lowest BCUT2D eigenvalue weighted by atomic mass is 10.2. The Balaban J connectivity index is 2.56. The van der Waals surface area contributed by atoms with Gasteiger partial charge >= 0.3 is 5.97 Å². The van der Waals surface area contributed by atoms with Gasteiger partial charge in [-0.1, -0.05) is 12.1 Å². The summed E-state index contributed by atoms with van der Waals surface area (Å²) in [6.45, 7) is 4.17. The summed E-state index contributed by atoms with van der Waals surface area (Å²) in [6.07, 6.45) is 0. The molecule has 2 aromatic rings. The Morgan fingerprint density at radius 3 is 2.67 bits per heavy atom. The SMILES string of the molecule is CC(c1nc2ccccc2n1C(C)C(=O)O)N(C)CCO. The lowest BCUT2D eigenvalue weighted by Crippen LogP contribution is -2.29. The molecule has 0 radical (unpaired) electrons. The first-order chi connectivity index (χ1) is 9.97. The van der Waals surface area contributed by atoms with E-state index in [1.54, 1.807) is 11.5 Å². The summed E-state index contributed by atoms with van der Waals surface area (Å²) in [5, 5.41) is 18.4. The summed E-state index contributed by atoms with van der Waals surface area (Å²) in [5.74, 6) is -0.196. The van der Waals surface area contributed by atoms with E-state index in [-0.39, 0.29) is 12.6 Å². The fourth-order valence-corrected chi connectivity index (χ4v) is 2.42. The first kappa shape index (κ1) is 15.5. The first-order valence-corrected chi connectivity index (χ1v) is 6.98. The maximum absolute atomic E-state index is 11.4. The minimum absolute atomic E-state index is 0.0511. The van der Waals surface area contributed by atoms with E-state index >= 15 is 0 Å². The summed E-state index contributed by atoms with van der Waals surface area (Å²) in [7, 11) is 1.88. The number of likely N-dealkylation sites (N-methyl/N-ethyl adjacent to an activating group) is 1. The normalized spacial score (nSPS) is 14.5. The molecule has 2 unspecified atom stereocenters. The van der Waals surface area contributed by atoms with Crippen LogP contribution in [0.4, 0.5) is 0 Å². The van der Waals surface area contributed by atoms with Crippen LogP contribution in [-0.4, -0.2) is 50.8 Å². The number of imidazole rings is 1. The topological polar surface area (TPSA) is 78.6 Å². The van der Waals surface area contributed by atoms with E-state index in [9.17, 15) is 9.90 Å². The van der Waals surface area contributed by atoms with Gasteiger partial charge in [0.1, 0.15) is 11.9 Å². The zero-order valence-electron chi connectivity index (χ0n) is 12.5. The minimum atomic E-state index is -0.892. The van der Waals surface area contributed by atoms with E-state index in [2.05, 4.69) is 4.98 Å². The van der Waals surface area contributed by atoms with Crippen LogP contribution >= 0.6 is 0 Å². The van der Waals surface area contributed by atoms with E-state index in [0.717, 1.165) is 11.0 Å². The number of hydrogen-bond acceptors (Lipinski definition) is 4. The molecule has 0 saturated carbocycles. The molecule has 1 heterocycles. The van der Waals surface area contributed by atoms with Gasteiger partial charge in [-0.15, -0.1) is 0 Å². The standard InChI is InChI=1S/C15H21N3O3/c1-10(17(3)8-9-19)14-16-12-6-4-5-7-13(12)18(14)11(2)15(20)21/h4-7,10-11,19H,8-9H2,1-3H3,(H,20,21). The molecule has 0 amide bonds. The molecule has 1 aromatic heterocycles. The zero-order chi connectivity index (χ0) is 15.6. The van der Waals surface area contributed by atoms with Crippen molar-refractivity contribution in [1.82, 2.24) is 14.5 Å². The first-order valence-electron chi connectivity index (χ1n) is 6.98. The Morgan fingerprint density at radius 1 is 1.38 bits per heavy atom. The van der Waals surface area contributed by atoms with Gasteiger partial charge in [0.2, 0.25) is 0 Å². The van der Waals surface area contributed by atoms with Crippen molar-refractivity contribution in [2.24, 2.45) is 0 Å². The van der Waals surface area contributed by atoms with Crippen LogP contribution in [0, 0.1) is 0 Å². The third-order valence-corrected chi connectivity index (χ3v) is 3.86. The molecule has 6 nitrogen and oxygen atoms in total. The summed E-state index contributed by atoms with van der Waals surface area (Å²) in [6, 6.07) is 6.73. The van der Waals surface area contributed by atoms with Crippen molar-refractivity contribution in [2.75, 3.05) is 20.2 Å². The second kappa shape index (κ2) is 6.24. The Morgan fingerprint density at radius 2 is 2.05 bits per heavy atom. The molecular formula is C15H21N3O3. The van der Waals surface area contributed by atoms with Crippen LogP contribution in [0.2, 0.25) is 0 Å². The van der Waals surface area contributed by atoms with Gasteiger partial charge < -0.3 is 14.8 Å². The Hall–Kier alpha value is -1.92. The van der Waals surface area contributed by atoms with Gasteiger partial charge in [-0.25, -0.2) is 9.78 Å². The van der Waals surface area contributed by atoms with Gasteiger partial charge in [0.15, 0.2) is 0 Å². The van der Waals surface area contributed by atoms with Gasteiger partial charge in [0.25, 0.3) is 0 Å². The van der Waals surface area contributed by atoms with E-state index in [1.807, 2.05) is 43.1 Å². The van der Waals surface area contributed by atoms with E-state index in [4.69, 9.17) is 5.11 Å². The highest BCUT2D eigenvalue weighted by Gasteiger charge is 2.25. The van der Waals surface area contributed by atoms with Crippen molar-refractivity contribution in [3.63, 3.8) is 0 Å². The highest BCUT2D eigenvalue weighted by atomic mass is 16.4. The number of carbonyl (C=O) groups is 1. The van der Waals surface area contributed by atoms with Crippen molar-refractivity contribution < 1.29 is 15.0 Å². The maximum atomic E-state index is 11.4. The smallest absolute Gasteiger partial charge is 0.326 e. The average molecular weight is 291 g/mol. The van der Waals surface area contributed by atoms with Crippen molar-refractivity contribution in [3.05, 3.63) is 30.1 Å². The van der Waals surface area contributed by atoms with E-state index in [1.165, 1.54) is 0 Å². The van der Waals surface area contributed by atoms with E-state index in [0.29, 0.717) is 12.4 Å². The molecule has 0 fully saturated rings. The molecule has 1 aromatic carbocycles. The number of para-hydroxylation sites is 2. The fourth-order valence-electron chi connectivity index (χ4n) is 2.42. The molecule has 6 heteroatoms. The lowest BCUT2D eigenvalue weighted by Gasteiger charge is -2.25. The Labute approximate surface area is 123 Å². The number of nitrogens with zero attached hydrogens (tertiary/aromatic N) is 3. The minimum Gasteiger partial charge on any atom is -0.480 e. The third-order valence-electron chi connectivity index (χ3n) is 3.86. The van der Waals surface area contributed by atoms with Crippen molar-refractivity contribution in [2.45, 2.75) is 25.9 Å². The predicted octanol–water partition coefficient (Wildman–Crippen LogP) is 1.67. The number of aliphatic hydroxyl groups excluding tert-OH is 1. The zero-order valence-corrected chi connectivity index (χ0v) is 12.5. The molecular weight excluding hydrogens is 270 g/mol. The van der Waals surface area contributed by atoms with Crippen LogP contribution in [0.3, 0.4) is 0 Å². The van der Waals surface area contributed by atoms with Crippen LogP contribution in [0.1, 0.15) is 31.8 Å². The van der Waals surface area contributed by atoms with E-state index < -0.39 is 12.0 Å². The lowest BCUT2D eigenvalue weighted by molar-refractivity contribution is -0.140. The highest BCUT2D eigenvalue weighted by Crippen LogP contribution is 2.27. The van der Waals surface area contributed by atoms with Gasteiger partial charge in [-0.05, 0) is 33.0 Å². The molecule has 0 saturated heterocycles. The van der Waals surface area contributed by atoms with Crippen molar-refractivity contribution in [3.8, 4) is 0 Å². The second-order valence-electron chi connectivity index (χ2n) is 5.22. The molecule has 0 spiro atoms. The number of benzene rings is 1. The number of carboxylic acid groups (broad SMARTS) is 1. The van der Waals surface area contributed by atoms with Gasteiger partial charge in [0.05, 0.1) is 23.7 Å². The number of aliphatic hydroxyl groups is 1. The quantitative estimate of drug-likeness (QED) is 0.846. The molecule has 0 aliphatic heterocycles. The van der Waals surface area contributed by atoms with Gasteiger partial charge in [-0.2, -0.15) is 0 Å². The largest absolute Gasteiger partial charge is 0.480 e. The number of rotatable bonds is 6. The van der Waals surface area contributed by atoms with Crippen LogP contribution in [-0.2, 0) is 4.79 Å². The molecule has 0 aliphatic rings. The average Bonchev–Trinajstić information content (AvgIpc) is 2.84. The fraction of sp³-hybridized carbons (Fsp3) is 0.467. The van der Waals surface area contributed by atoms with Crippen LogP contribution in [0.5, 0.6) is 0 Å². The number of hydrogen-bond donors (Lipinski definition) is 2. The molecule has 2 atom stereocenters. The molecule has 114 valence electrons. The predicted molar refractivity (Wildman–Crippen MR) is 80.2 cm³/mol. The molecule has 21 heavy (non-hydrogen) atoms. The number of carboxylic acids is 1. The van der Waals surface area contributed by atoms with Crippen LogP contribution in [0.15, 0.2) is 24.3 Å². The number of fused-ring (bicyclic) bond motifs is 1.